The highest BCUT2D eigenvalue weighted by molar-refractivity contribution is 6.50. The lowest BCUT2D eigenvalue weighted by atomic mass is 9.43. The van der Waals surface area contributed by atoms with Crippen LogP contribution in [-0.2, 0) is 43.1 Å². The third-order valence-electron chi connectivity index (χ3n) is 11.3. The molecule has 2 aromatic rings. The van der Waals surface area contributed by atoms with E-state index in [1.165, 1.54) is 7.11 Å². The molecular formula is C40H52BNO9. The summed E-state index contributed by atoms with van der Waals surface area (Å²) >= 11 is 0. The van der Waals surface area contributed by atoms with Crippen molar-refractivity contribution < 1.29 is 42.7 Å². The van der Waals surface area contributed by atoms with Gasteiger partial charge in [0, 0.05) is 30.9 Å². The Bertz CT molecular complexity index is 1740. The highest BCUT2D eigenvalue weighted by atomic mass is 16.7. The average Bonchev–Trinajstić information content (AvgIpc) is 3.62. The van der Waals surface area contributed by atoms with Crippen LogP contribution in [-0.4, -0.2) is 65.7 Å². The fraction of sp³-hybridized carbons (Fsp3) is 0.600. The molecule has 1 unspecified atom stereocenters. The second-order valence-corrected chi connectivity index (χ2v) is 17.6. The lowest BCUT2D eigenvalue weighted by Crippen LogP contribution is -2.65. The lowest BCUT2D eigenvalue weighted by molar-refractivity contribution is -0.199. The van der Waals surface area contributed by atoms with Crippen molar-refractivity contribution in [2.45, 2.75) is 130 Å². The first kappa shape index (κ1) is 37.1. The molecule has 0 N–H and O–H groups in total. The smallest absolute Gasteiger partial charge is 0.461 e. The number of ketones is 2. The number of amides is 1. The van der Waals surface area contributed by atoms with Crippen molar-refractivity contribution in [3.8, 4) is 5.75 Å². The monoisotopic (exact) mass is 701 g/mol. The molecule has 3 aliphatic carbocycles. The summed E-state index contributed by atoms with van der Waals surface area (Å²) in [5, 5.41) is 0. The van der Waals surface area contributed by atoms with E-state index in [9.17, 15) is 19.2 Å². The largest absolute Gasteiger partial charge is 0.496 e. The van der Waals surface area contributed by atoms with E-state index in [-0.39, 0.29) is 42.0 Å². The number of nitrogens with zero attached hydrogens (tertiary/aromatic N) is 1. The number of hydrogen-bond donors (Lipinski definition) is 0. The first-order valence-electron chi connectivity index (χ1n) is 18.1. The molecule has 274 valence electrons. The molecular weight excluding hydrogens is 649 g/mol. The Balaban J connectivity index is 1.25. The summed E-state index contributed by atoms with van der Waals surface area (Å²) in [4.78, 5) is 55.2. The maximum absolute atomic E-state index is 13.9. The molecule has 0 aromatic heterocycles. The summed E-state index contributed by atoms with van der Waals surface area (Å²) in [7, 11) is 0.756. The van der Waals surface area contributed by atoms with Gasteiger partial charge in [-0.2, -0.15) is 0 Å². The first-order valence-corrected chi connectivity index (χ1v) is 18.1. The van der Waals surface area contributed by atoms with Crippen LogP contribution in [0.2, 0.25) is 5.82 Å². The van der Waals surface area contributed by atoms with Gasteiger partial charge in [-0.3, -0.25) is 14.5 Å². The number of methoxy groups -OCH3 is 1. The van der Waals surface area contributed by atoms with Gasteiger partial charge in [-0.1, -0.05) is 38.1 Å². The summed E-state index contributed by atoms with van der Waals surface area (Å²) in [6, 6.07) is 10.4. The highest BCUT2D eigenvalue weighted by Gasteiger charge is 2.68. The number of carbonyl (C=O) groups excluding carboxylic acids is 4. The van der Waals surface area contributed by atoms with E-state index in [1.54, 1.807) is 56.0 Å². The number of fused-ring (bicyclic) bond motifs is 1. The summed E-state index contributed by atoms with van der Waals surface area (Å²) in [5.74, 6) is -1.04. The van der Waals surface area contributed by atoms with Crippen LogP contribution in [0.15, 0.2) is 36.4 Å². The number of Topliss-reactive ketones (excluding diaryl/α,β-unsaturated/α-hetero) is 2. The first-order chi connectivity index (χ1) is 23.7. The van der Waals surface area contributed by atoms with Crippen LogP contribution in [0.1, 0.15) is 119 Å². The number of benzene rings is 2. The van der Waals surface area contributed by atoms with E-state index in [1.807, 2.05) is 26.8 Å². The Hall–Kier alpha value is -3.70. The van der Waals surface area contributed by atoms with Crippen LogP contribution in [0.5, 0.6) is 5.75 Å². The number of para-hydroxylation sites is 1. The molecule has 2 aromatic carbocycles. The van der Waals surface area contributed by atoms with Crippen molar-refractivity contribution in [3.05, 3.63) is 64.2 Å². The van der Waals surface area contributed by atoms with E-state index in [0.717, 1.165) is 24.0 Å². The topological polar surface area (TPSA) is 118 Å². The highest BCUT2D eigenvalue weighted by Crippen LogP contribution is 2.66. The second kappa shape index (κ2) is 13.1. The Morgan fingerprint density at radius 1 is 0.941 bits per heavy atom. The van der Waals surface area contributed by atoms with Crippen LogP contribution < -0.4 is 4.74 Å². The Kier molecular flexibility index (Phi) is 9.49. The third kappa shape index (κ3) is 7.21. The summed E-state index contributed by atoms with van der Waals surface area (Å²) in [6.07, 6.45) is 1.54. The van der Waals surface area contributed by atoms with E-state index in [4.69, 9.17) is 23.5 Å². The number of esters is 1. The van der Waals surface area contributed by atoms with Gasteiger partial charge in [0.05, 0.1) is 18.8 Å². The van der Waals surface area contributed by atoms with Crippen molar-refractivity contribution in [2.75, 3.05) is 7.11 Å². The predicted octanol–water partition coefficient (Wildman–Crippen LogP) is 7.38. The van der Waals surface area contributed by atoms with Crippen LogP contribution in [0.4, 0.5) is 4.79 Å². The van der Waals surface area contributed by atoms with E-state index < -0.39 is 53.4 Å². The van der Waals surface area contributed by atoms with E-state index in [0.29, 0.717) is 29.7 Å². The predicted molar refractivity (Wildman–Crippen MR) is 192 cm³/mol. The number of rotatable bonds is 9. The molecule has 11 heteroatoms. The van der Waals surface area contributed by atoms with Crippen LogP contribution in [0.25, 0.3) is 0 Å². The number of carbonyl (C=O) groups is 4. The molecule has 5 atom stereocenters. The fourth-order valence-electron chi connectivity index (χ4n) is 8.61. The van der Waals surface area contributed by atoms with Gasteiger partial charge in [0.2, 0.25) is 11.6 Å². The summed E-state index contributed by atoms with van der Waals surface area (Å²) in [6.45, 7) is 18.2. The lowest BCUT2D eigenvalue weighted by Gasteiger charge is -2.64. The van der Waals surface area contributed by atoms with Crippen molar-refractivity contribution >= 4 is 30.7 Å². The molecule has 1 amide bonds. The maximum Gasteiger partial charge on any atom is 0.461 e. The molecule has 2 bridgehead atoms. The van der Waals surface area contributed by atoms with Gasteiger partial charge in [-0.25, -0.2) is 9.59 Å². The quantitative estimate of drug-likeness (QED) is 0.114. The van der Waals surface area contributed by atoms with Gasteiger partial charge in [0.25, 0.3) is 0 Å². The molecule has 10 nitrogen and oxygen atoms in total. The molecule has 0 spiro atoms. The van der Waals surface area contributed by atoms with Crippen LogP contribution >= 0.6 is 0 Å². The Labute approximate surface area is 302 Å². The molecule has 2 aliphatic heterocycles. The SMILES string of the molecule is COc1c(C[C@H](CC(=O)C(=O)c2ccc3c(c2)CN(C(=O)OC(C)(C)C)C3)B2OC3C[C@@H]4C[C@@H](C4(C)C)[C@]3(C)O2)cccc1C(=O)OC(C)(C)C. The summed E-state index contributed by atoms with van der Waals surface area (Å²) < 4.78 is 30.5. The van der Waals surface area contributed by atoms with Crippen LogP contribution in [0, 0.1) is 17.3 Å². The average molecular weight is 702 g/mol. The zero-order valence-corrected chi connectivity index (χ0v) is 31.7. The Morgan fingerprint density at radius 2 is 1.63 bits per heavy atom. The minimum absolute atomic E-state index is 0.118. The summed E-state index contributed by atoms with van der Waals surface area (Å²) in [5.41, 5.74) is 1.22. The van der Waals surface area contributed by atoms with Gasteiger partial charge in [-0.15, -0.1) is 0 Å². The molecule has 2 heterocycles. The standard InChI is InChI=1S/C40H52BNO9/c1-37(2,3)48-35(45)29-13-11-12-24(34(29)47-10)17-28(41-50-32-19-27-18-31(39(27,7)8)40(32,9)51-41)20-30(43)33(44)23-14-15-25-21-42(22-26(25)16-23)36(46)49-38(4,5)6/h11-16,27-28,31-32H,17-22H2,1-10H3/t27-,28+,31-,32?,40-/m0/s1. The van der Waals surface area contributed by atoms with Gasteiger partial charge < -0.3 is 23.5 Å². The zero-order valence-electron chi connectivity index (χ0n) is 31.7. The van der Waals surface area contributed by atoms with Crippen molar-refractivity contribution in [1.82, 2.24) is 4.90 Å². The molecule has 51 heavy (non-hydrogen) atoms. The van der Waals surface area contributed by atoms with Gasteiger partial charge in [-0.05, 0) is 114 Å². The third-order valence-corrected chi connectivity index (χ3v) is 11.3. The van der Waals surface area contributed by atoms with Crippen LogP contribution in [0.3, 0.4) is 0 Å². The van der Waals surface area contributed by atoms with E-state index >= 15 is 0 Å². The van der Waals surface area contributed by atoms with Gasteiger partial charge >= 0.3 is 19.2 Å². The number of hydrogen-bond acceptors (Lipinski definition) is 9. The molecule has 1 saturated heterocycles. The molecule has 3 saturated carbocycles. The molecule has 5 aliphatic rings. The Morgan fingerprint density at radius 3 is 2.27 bits per heavy atom. The van der Waals surface area contributed by atoms with Crippen molar-refractivity contribution in [1.29, 1.82) is 0 Å². The normalized spacial score (nSPS) is 25.3. The molecule has 4 fully saturated rings. The van der Waals surface area contributed by atoms with E-state index in [2.05, 4.69) is 20.8 Å². The van der Waals surface area contributed by atoms with Crippen molar-refractivity contribution in [3.63, 3.8) is 0 Å². The van der Waals surface area contributed by atoms with Gasteiger partial charge in [0.15, 0.2) is 0 Å². The molecule has 7 rings (SSSR count). The van der Waals surface area contributed by atoms with Gasteiger partial charge in [0.1, 0.15) is 22.5 Å². The molecule has 0 radical (unpaired) electrons. The minimum atomic E-state index is -0.746. The minimum Gasteiger partial charge on any atom is -0.496 e. The second-order valence-electron chi connectivity index (χ2n) is 17.6. The fourth-order valence-corrected chi connectivity index (χ4v) is 8.61. The van der Waals surface area contributed by atoms with Crippen molar-refractivity contribution in [2.24, 2.45) is 17.3 Å². The zero-order chi connectivity index (χ0) is 37.3. The number of ether oxygens (including phenoxy) is 3. The maximum atomic E-state index is 13.9.